The van der Waals surface area contributed by atoms with E-state index in [0.717, 1.165) is 16.7 Å². The lowest BCUT2D eigenvalue weighted by molar-refractivity contribution is -0.112. The largest absolute Gasteiger partial charge is 0.493 e. The molecule has 168 valence electrons. The minimum atomic E-state index is -0.487. The van der Waals surface area contributed by atoms with Gasteiger partial charge in [-0.2, -0.15) is 5.26 Å². The maximum absolute atomic E-state index is 12.7. The van der Waals surface area contributed by atoms with E-state index < -0.39 is 5.91 Å². The predicted octanol–water partition coefficient (Wildman–Crippen LogP) is 6.85. The van der Waals surface area contributed by atoms with Crippen LogP contribution in [0.5, 0.6) is 11.5 Å². The summed E-state index contributed by atoms with van der Waals surface area (Å²) < 4.78 is 12.0. The number of halogens is 2. The monoisotopic (exact) mass is 524 g/mol. The zero-order valence-corrected chi connectivity index (χ0v) is 20.8. The van der Waals surface area contributed by atoms with Gasteiger partial charge in [0.2, 0.25) is 0 Å². The molecule has 0 spiro atoms. The van der Waals surface area contributed by atoms with E-state index in [9.17, 15) is 10.1 Å². The molecule has 3 aromatic rings. The SMILES string of the molecule is COc1cc(/C=C(/C#N)C(=O)Nc2ccc(C)cc2C)cc(Br)c1OCc1ccccc1Cl. The summed E-state index contributed by atoms with van der Waals surface area (Å²) in [7, 11) is 1.52. The quantitative estimate of drug-likeness (QED) is 0.270. The Kier molecular flexibility index (Phi) is 8.16. The molecule has 0 bridgehead atoms. The number of ether oxygens (including phenoxy) is 2. The van der Waals surface area contributed by atoms with Gasteiger partial charge in [0.25, 0.3) is 5.91 Å². The van der Waals surface area contributed by atoms with Crippen LogP contribution in [-0.2, 0) is 11.4 Å². The van der Waals surface area contributed by atoms with Crippen LogP contribution in [0.15, 0.2) is 64.6 Å². The molecule has 1 amide bonds. The molecule has 0 unspecified atom stereocenters. The Morgan fingerprint density at radius 1 is 1.18 bits per heavy atom. The Morgan fingerprint density at radius 3 is 2.61 bits per heavy atom. The third-order valence-corrected chi connectivity index (χ3v) is 5.85. The average molecular weight is 526 g/mol. The van der Waals surface area contributed by atoms with Crippen LogP contribution in [0.3, 0.4) is 0 Å². The number of carbonyl (C=O) groups is 1. The summed E-state index contributed by atoms with van der Waals surface area (Å²) in [6, 6.07) is 18.5. The highest BCUT2D eigenvalue weighted by molar-refractivity contribution is 9.10. The molecule has 0 saturated carbocycles. The van der Waals surface area contributed by atoms with Gasteiger partial charge >= 0.3 is 0 Å². The maximum atomic E-state index is 12.7. The number of aryl methyl sites for hydroxylation is 2. The van der Waals surface area contributed by atoms with Crippen LogP contribution in [0, 0.1) is 25.2 Å². The van der Waals surface area contributed by atoms with Crippen molar-refractivity contribution in [1.29, 1.82) is 5.26 Å². The number of anilines is 1. The number of nitrogens with one attached hydrogen (secondary N) is 1. The molecule has 0 radical (unpaired) electrons. The number of rotatable bonds is 7. The Hall–Kier alpha value is -3.27. The second-order valence-electron chi connectivity index (χ2n) is 7.36. The van der Waals surface area contributed by atoms with Gasteiger partial charge in [-0.1, -0.05) is 47.5 Å². The first-order valence-corrected chi connectivity index (χ1v) is 11.2. The zero-order valence-electron chi connectivity index (χ0n) is 18.4. The van der Waals surface area contributed by atoms with E-state index in [1.807, 2.05) is 56.3 Å². The summed E-state index contributed by atoms with van der Waals surface area (Å²) in [6.07, 6.45) is 1.50. The van der Waals surface area contributed by atoms with Crippen molar-refractivity contribution in [1.82, 2.24) is 0 Å². The molecule has 0 aliphatic heterocycles. The fourth-order valence-electron chi connectivity index (χ4n) is 3.19. The van der Waals surface area contributed by atoms with Crippen LogP contribution in [-0.4, -0.2) is 13.0 Å². The first kappa shape index (κ1) is 24.4. The number of nitriles is 1. The lowest BCUT2D eigenvalue weighted by Gasteiger charge is -2.14. The number of hydrogen-bond donors (Lipinski definition) is 1. The Balaban J connectivity index is 1.84. The Bertz CT molecular complexity index is 1260. The van der Waals surface area contributed by atoms with Gasteiger partial charge in [0.05, 0.1) is 11.6 Å². The van der Waals surface area contributed by atoms with Crippen molar-refractivity contribution in [2.45, 2.75) is 20.5 Å². The van der Waals surface area contributed by atoms with Gasteiger partial charge in [-0.3, -0.25) is 4.79 Å². The molecule has 0 aliphatic rings. The van der Waals surface area contributed by atoms with E-state index in [-0.39, 0.29) is 12.2 Å². The minimum absolute atomic E-state index is 0.0336. The summed E-state index contributed by atoms with van der Waals surface area (Å²) in [4.78, 5) is 12.7. The van der Waals surface area contributed by atoms with E-state index in [4.69, 9.17) is 21.1 Å². The topological polar surface area (TPSA) is 71.3 Å². The molecule has 0 heterocycles. The molecular weight excluding hydrogens is 504 g/mol. The van der Waals surface area contributed by atoms with Gasteiger partial charge in [-0.25, -0.2) is 0 Å². The lowest BCUT2D eigenvalue weighted by Crippen LogP contribution is -2.14. The number of nitrogens with zero attached hydrogens (tertiary/aromatic N) is 1. The molecular formula is C26H22BrClN2O3. The van der Waals surface area contributed by atoms with Crippen LogP contribution in [0.25, 0.3) is 6.08 Å². The second kappa shape index (κ2) is 11.0. The van der Waals surface area contributed by atoms with Gasteiger partial charge in [0.1, 0.15) is 18.2 Å². The average Bonchev–Trinajstić information content (AvgIpc) is 2.79. The number of carbonyl (C=O) groups excluding carboxylic acids is 1. The van der Waals surface area contributed by atoms with Crippen molar-refractivity contribution >= 4 is 45.2 Å². The second-order valence-corrected chi connectivity index (χ2v) is 8.62. The molecule has 5 nitrogen and oxygen atoms in total. The molecule has 3 rings (SSSR count). The molecule has 0 fully saturated rings. The number of benzene rings is 3. The highest BCUT2D eigenvalue weighted by atomic mass is 79.9. The van der Waals surface area contributed by atoms with E-state index >= 15 is 0 Å². The predicted molar refractivity (Wildman–Crippen MR) is 135 cm³/mol. The van der Waals surface area contributed by atoms with Crippen LogP contribution in [0.2, 0.25) is 5.02 Å². The van der Waals surface area contributed by atoms with Gasteiger partial charge in [0, 0.05) is 16.3 Å². The molecule has 0 saturated heterocycles. The normalized spacial score (nSPS) is 11.0. The van der Waals surface area contributed by atoms with Gasteiger partial charge < -0.3 is 14.8 Å². The molecule has 3 aromatic carbocycles. The fraction of sp³-hybridized carbons (Fsp3) is 0.154. The summed E-state index contributed by atoms with van der Waals surface area (Å²) in [5, 5.41) is 13.0. The van der Waals surface area contributed by atoms with E-state index in [2.05, 4.69) is 21.2 Å². The molecule has 7 heteroatoms. The number of hydrogen-bond acceptors (Lipinski definition) is 4. The maximum Gasteiger partial charge on any atom is 0.266 e. The Labute approximate surface area is 206 Å². The molecule has 0 aromatic heterocycles. The third-order valence-electron chi connectivity index (χ3n) is 4.89. The smallest absolute Gasteiger partial charge is 0.266 e. The number of amides is 1. The van der Waals surface area contributed by atoms with Gasteiger partial charge in [-0.05, 0) is 71.2 Å². The summed E-state index contributed by atoms with van der Waals surface area (Å²) in [6.45, 7) is 4.14. The van der Waals surface area contributed by atoms with E-state index in [1.165, 1.54) is 13.2 Å². The van der Waals surface area contributed by atoms with Crippen molar-refractivity contribution in [3.05, 3.63) is 91.9 Å². The first-order valence-electron chi connectivity index (χ1n) is 10.1. The summed E-state index contributed by atoms with van der Waals surface area (Å²) >= 11 is 9.71. The summed E-state index contributed by atoms with van der Waals surface area (Å²) in [5.74, 6) is 0.459. The van der Waals surface area contributed by atoms with Crippen LogP contribution >= 0.6 is 27.5 Å². The first-order chi connectivity index (χ1) is 15.8. The van der Waals surface area contributed by atoms with Crippen molar-refractivity contribution in [2.24, 2.45) is 0 Å². The van der Waals surface area contributed by atoms with Crippen LogP contribution in [0.4, 0.5) is 5.69 Å². The zero-order chi connectivity index (χ0) is 24.0. The Morgan fingerprint density at radius 2 is 1.94 bits per heavy atom. The molecule has 33 heavy (non-hydrogen) atoms. The van der Waals surface area contributed by atoms with E-state index in [1.54, 1.807) is 18.2 Å². The standard InChI is InChI=1S/C26H22BrClN2O3/c1-16-8-9-23(17(2)10-16)30-26(31)20(14-29)11-18-12-21(27)25(24(13-18)32-3)33-15-19-6-4-5-7-22(19)28/h4-13H,15H2,1-3H3,(H,30,31)/b20-11-. The fourth-order valence-corrected chi connectivity index (χ4v) is 3.95. The van der Waals surface area contributed by atoms with Crippen molar-refractivity contribution in [3.63, 3.8) is 0 Å². The van der Waals surface area contributed by atoms with Crippen molar-refractivity contribution in [3.8, 4) is 17.6 Å². The molecule has 1 N–H and O–H groups in total. The molecule has 0 atom stereocenters. The highest BCUT2D eigenvalue weighted by Gasteiger charge is 2.15. The van der Waals surface area contributed by atoms with Gasteiger partial charge in [0.15, 0.2) is 11.5 Å². The number of methoxy groups -OCH3 is 1. The van der Waals surface area contributed by atoms with Crippen molar-refractivity contribution in [2.75, 3.05) is 12.4 Å². The van der Waals surface area contributed by atoms with Crippen LogP contribution < -0.4 is 14.8 Å². The minimum Gasteiger partial charge on any atom is -0.493 e. The summed E-state index contributed by atoms with van der Waals surface area (Å²) in [5.41, 5.74) is 4.09. The third kappa shape index (κ3) is 6.16. The van der Waals surface area contributed by atoms with Crippen LogP contribution in [0.1, 0.15) is 22.3 Å². The molecule has 0 aliphatic carbocycles. The lowest BCUT2D eigenvalue weighted by atomic mass is 10.1. The van der Waals surface area contributed by atoms with Crippen molar-refractivity contribution < 1.29 is 14.3 Å². The van der Waals surface area contributed by atoms with E-state index in [0.29, 0.717) is 32.2 Å². The van der Waals surface area contributed by atoms with Gasteiger partial charge in [-0.15, -0.1) is 0 Å². The highest BCUT2D eigenvalue weighted by Crippen LogP contribution is 2.38.